The average molecular weight is 393 g/mol. The van der Waals surface area contributed by atoms with Gasteiger partial charge in [-0.15, -0.1) is 0 Å². The number of fused-ring (bicyclic) bond motifs is 5. The average Bonchev–Trinajstić information content (AvgIpc) is 3.41. The first-order chi connectivity index (χ1) is 14.0. The van der Waals surface area contributed by atoms with Crippen molar-refractivity contribution >= 4 is 23.3 Å². The lowest BCUT2D eigenvalue weighted by molar-refractivity contribution is -0.123. The number of amides is 2. The molecule has 4 unspecified atom stereocenters. The molecule has 1 aliphatic heterocycles. The van der Waals surface area contributed by atoms with Crippen molar-refractivity contribution in [3.05, 3.63) is 59.9 Å². The van der Waals surface area contributed by atoms with Gasteiger partial charge in [0.2, 0.25) is 11.8 Å². The van der Waals surface area contributed by atoms with Crippen molar-refractivity contribution in [1.29, 1.82) is 0 Å². The van der Waals surface area contributed by atoms with Gasteiger partial charge in [0.05, 0.1) is 17.5 Å². The highest BCUT2D eigenvalue weighted by atomic mass is 19.1. The third-order valence-corrected chi connectivity index (χ3v) is 6.56. The molecule has 0 aromatic heterocycles. The molecule has 0 radical (unpaired) electrons. The van der Waals surface area contributed by atoms with E-state index < -0.39 is 5.82 Å². The summed E-state index contributed by atoms with van der Waals surface area (Å²) in [6, 6.07) is 12.0. The van der Waals surface area contributed by atoms with Gasteiger partial charge in [-0.25, -0.2) is 9.29 Å². The van der Waals surface area contributed by atoms with Crippen LogP contribution in [0.25, 0.3) is 0 Å². The van der Waals surface area contributed by atoms with Crippen molar-refractivity contribution in [3.63, 3.8) is 0 Å². The van der Waals surface area contributed by atoms with E-state index >= 15 is 0 Å². The summed E-state index contributed by atoms with van der Waals surface area (Å²) >= 11 is 0. The van der Waals surface area contributed by atoms with Crippen LogP contribution >= 0.6 is 0 Å². The fraction of sp³-hybridized carbons (Fsp3) is 0.348. The van der Waals surface area contributed by atoms with Crippen LogP contribution in [0.2, 0.25) is 0 Å². The van der Waals surface area contributed by atoms with Crippen molar-refractivity contribution in [2.45, 2.75) is 19.3 Å². The monoisotopic (exact) mass is 393 g/mol. The van der Waals surface area contributed by atoms with Gasteiger partial charge in [-0.05, 0) is 67.5 Å². The smallest absolute Gasteiger partial charge is 0.238 e. The van der Waals surface area contributed by atoms with Crippen LogP contribution in [-0.2, 0) is 9.59 Å². The topological polar surface area (TPSA) is 63.7 Å². The third kappa shape index (κ3) is 2.85. The molecule has 2 saturated carbocycles. The number of carbonyl (C=O) groups is 3. The molecular formula is C23H20FNO4. The number of ether oxygens (including phenoxy) is 1. The molecule has 0 spiro atoms. The summed E-state index contributed by atoms with van der Waals surface area (Å²) in [7, 11) is 0. The molecule has 2 aliphatic carbocycles. The van der Waals surface area contributed by atoms with Gasteiger partial charge in [-0.2, -0.15) is 0 Å². The van der Waals surface area contributed by atoms with E-state index in [0.29, 0.717) is 28.8 Å². The van der Waals surface area contributed by atoms with Crippen LogP contribution in [0.5, 0.6) is 5.75 Å². The summed E-state index contributed by atoms with van der Waals surface area (Å²) in [6.07, 6.45) is 3.01. The Balaban J connectivity index is 1.37. The molecule has 2 amide bonds. The van der Waals surface area contributed by atoms with Crippen LogP contribution in [-0.4, -0.2) is 24.2 Å². The van der Waals surface area contributed by atoms with Crippen LogP contribution in [0.15, 0.2) is 48.5 Å². The van der Waals surface area contributed by atoms with Crippen LogP contribution in [0.3, 0.4) is 0 Å². The molecule has 5 nitrogen and oxygen atoms in total. The lowest BCUT2D eigenvalue weighted by Gasteiger charge is -2.20. The molecule has 1 saturated heterocycles. The molecule has 6 heteroatoms. The zero-order chi connectivity index (χ0) is 20.1. The molecular weight excluding hydrogens is 373 g/mol. The molecule has 29 heavy (non-hydrogen) atoms. The normalized spacial score (nSPS) is 27.4. The Hall–Kier alpha value is -3.02. The van der Waals surface area contributed by atoms with E-state index in [-0.39, 0.29) is 36.0 Å². The van der Waals surface area contributed by atoms with Crippen molar-refractivity contribution in [2.24, 2.45) is 23.7 Å². The van der Waals surface area contributed by atoms with E-state index in [0.717, 1.165) is 19.3 Å². The number of hydrogen-bond donors (Lipinski definition) is 0. The zero-order valence-corrected chi connectivity index (χ0v) is 15.7. The number of nitrogens with zero attached hydrogens (tertiary/aromatic N) is 1. The molecule has 2 aromatic rings. The Morgan fingerprint density at radius 3 is 2.24 bits per heavy atom. The number of Topliss-reactive ketones (excluding diaryl/α,β-unsaturated/α-hetero) is 1. The quantitative estimate of drug-likeness (QED) is 0.575. The number of ketones is 1. The highest BCUT2D eigenvalue weighted by Gasteiger charge is 2.61. The highest BCUT2D eigenvalue weighted by molar-refractivity contribution is 6.23. The molecule has 3 aliphatic rings. The minimum Gasteiger partial charge on any atom is -0.483 e. The lowest BCUT2D eigenvalue weighted by atomic mass is 9.81. The Bertz CT molecular complexity index is 974. The Morgan fingerprint density at radius 2 is 1.59 bits per heavy atom. The van der Waals surface area contributed by atoms with Crippen molar-refractivity contribution in [3.8, 4) is 5.75 Å². The number of para-hydroxylation sites is 2. The van der Waals surface area contributed by atoms with Gasteiger partial charge in [0, 0.05) is 5.56 Å². The molecule has 2 aromatic carbocycles. The number of anilines is 1. The summed E-state index contributed by atoms with van der Waals surface area (Å²) in [4.78, 5) is 39.8. The molecule has 2 bridgehead atoms. The van der Waals surface area contributed by atoms with E-state index in [9.17, 15) is 18.8 Å². The van der Waals surface area contributed by atoms with Crippen LogP contribution in [0.4, 0.5) is 10.1 Å². The number of hydrogen-bond acceptors (Lipinski definition) is 4. The second-order valence-corrected chi connectivity index (χ2v) is 8.08. The minimum atomic E-state index is -0.418. The van der Waals surface area contributed by atoms with Gasteiger partial charge in [0.1, 0.15) is 11.6 Å². The number of halogens is 1. The van der Waals surface area contributed by atoms with E-state index in [1.54, 1.807) is 24.3 Å². The predicted octanol–water partition coefficient (Wildman–Crippen LogP) is 3.62. The molecule has 148 valence electrons. The molecule has 0 N–H and O–H groups in total. The van der Waals surface area contributed by atoms with Crippen molar-refractivity contribution < 1.29 is 23.5 Å². The maximum absolute atomic E-state index is 13.1. The van der Waals surface area contributed by atoms with Gasteiger partial charge >= 0.3 is 0 Å². The van der Waals surface area contributed by atoms with Crippen LogP contribution in [0, 0.1) is 29.5 Å². The maximum atomic E-state index is 13.1. The fourth-order valence-electron chi connectivity index (χ4n) is 5.27. The number of carbonyl (C=O) groups excluding carboxylic acids is 3. The SMILES string of the molecule is O=C(COc1ccccc1N1C(=O)C2C3CCC(C3)C2C1=O)c1ccc(F)cc1. The standard InChI is InChI=1S/C23H20FNO4/c24-16-9-7-13(8-10-16)18(26)12-29-19-4-2-1-3-17(19)25-22(27)20-14-5-6-15(11-14)21(20)23(25)28/h1-4,7-10,14-15,20-21H,5-6,11-12H2. The van der Waals surface area contributed by atoms with Gasteiger partial charge in [-0.1, -0.05) is 12.1 Å². The van der Waals surface area contributed by atoms with Gasteiger partial charge in [0.15, 0.2) is 12.4 Å². The third-order valence-electron chi connectivity index (χ3n) is 6.56. The van der Waals surface area contributed by atoms with Crippen LogP contribution in [0.1, 0.15) is 29.6 Å². The maximum Gasteiger partial charge on any atom is 0.238 e. The lowest BCUT2D eigenvalue weighted by Crippen LogP contribution is -2.33. The summed E-state index contributed by atoms with van der Waals surface area (Å²) in [5.41, 5.74) is 0.728. The van der Waals surface area contributed by atoms with Crippen LogP contribution < -0.4 is 9.64 Å². The first-order valence-corrected chi connectivity index (χ1v) is 9.93. The Labute approximate surface area is 167 Å². The Morgan fingerprint density at radius 1 is 0.966 bits per heavy atom. The molecule has 4 atom stereocenters. The number of benzene rings is 2. The van der Waals surface area contributed by atoms with E-state index in [4.69, 9.17) is 4.74 Å². The number of rotatable bonds is 5. The summed E-state index contributed by atoms with van der Waals surface area (Å²) < 4.78 is 18.7. The highest BCUT2D eigenvalue weighted by Crippen LogP contribution is 2.57. The zero-order valence-electron chi connectivity index (χ0n) is 15.7. The largest absolute Gasteiger partial charge is 0.483 e. The van der Waals surface area contributed by atoms with Gasteiger partial charge < -0.3 is 4.74 Å². The Kier molecular flexibility index (Phi) is 4.23. The predicted molar refractivity (Wildman–Crippen MR) is 103 cm³/mol. The summed E-state index contributed by atoms with van der Waals surface area (Å²) in [5.74, 6) is -0.519. The van der Waals surface area contributed by atoms with E-state index in [1.807, 2.05) is 0 Å². The summed E-state index contributed by atoms with van der Waals surface area (Å²) in [5, 5.41) is 0. The molecule has 5 rings (SSSR count). The second-order valence-electron chi connectivity index (χ2n) is 8.08. The van der Waals surface area contributed by atoms with Crippen molar-refractivity contribution in [1.82, 2.24) is 0 Å². The fourth-order valence-corrected chi connectivity index (χ4v) is 5.27. The van der Waals surface area contributed by atoms with Crippen molar-refractivity contribution in [2.75, 3.05) is 11.5 Å². The van der Waals surface area contributed by atoms with Gasteiger partial charge in [-0.3, -0.25) is 14.4 Å². The molecule has 1 heterocycles. The number of imide groups is 1. The van der Waals surface area contributed by atoms with Gasteiger partial charge in [0.25, 0.3) is 0 Å². The van der Waals surface area contributed by atoms with E-state index in [1.165, 1.54) is 29.2 Å². The molecule has 3 fully saturated rings. The minimum absolute atomic E-state index is 0.145. The first-order valence-electron chi connectivity index (χ1n) is 9.93. The van der Waals surface area contributed by atoms with E-state index in [2.05, 4.69) is 0 Å². The second kappa shape index (κ2) is 6.79. The first kappa shape index (κ1) is 18.0. The summed E-state index contributed by atoms with van der Waals surface area (Å²) in [6.45, 7) is -0.267.